The predicted molar refractivity (Wildman–Crippen MR) is 203 cm³/mol. The molecule has 4 aromatic carbocycles. The van der Waals surface area contributed by atoms with Crippen molar-refractivity contribution in [2.45, 2.75) is 76.2 Å². The molecule has 0 atom stereocenters. The zero-order valence-electron chi connectivity index (χ0n) is 29.8. The van der Waals surface area contributed by atoms with Gasteiger partial charge in [-0.25, -0.2) is 0 Å². The second-order valence-electron chi connectivity index (χ2n) is 13.2. The molecular weight excluding hydrogens is 544 g/mol. The third-order valence-electron chi connectivity index (χ3n) is 4.72. The molecule has 240 valence electrons. The van der Waals surface area contributed by atoms with E-state index < -0.39 is 0 Å². The van der Waals surface area contributed by atoms with Gasteiger partial charge in [-0.1, -0.05) is 184 Å². The second-order valence-corrected chi connectivity index (χ2v) is 13.2. The van der Waals surface area contributed by atoms with Crippen molar-refractivity contribution in [1.82, 2.24) is 9.97 Å². The fourth-order valence-electron chi connectivity index (χ4n) is 3.01. The maximum atomic E-state index is 4.01. The van der Waals surface area contributed by atoms with Crippen LogP contribution in [0.1, 0.15) is 74.8 Å². The first-order chi connectivity index (χ1) is 21.3. The van der Waals surface area contributed by atoms with E-state index in [4.69, 9.17) is 0 Å². The first kappa shape index (κ1) is 40.7. The van der Waals surface area contributed by atoms with Crippen LogP contribution in [0.15, 0.2) is 152 Å². The minimum Gasteiger partial charge on any atom is -0.265 e. The van der Waals surface area contributed by atoms with Crippen molar-refractivity contribution in [1.29, 1.82) is 0 Å². The van der Waals surface area contributed by atoms with Gasteiger partial charge in [0, 0.05) is 24.8 Å². The van der Waals surface area contributed by atoms with Crippen LogP contribution in [-0.2, 0) is 0 Å². The molecule has 0 N–H and O–H groups in total. The number of nitrogens with zero attached hydrogens (tertiary/aromatic N) is 2. The summed E-state index contributed by atoms with van der Waals surface area (Å²) in [5.74, 6) is 0. The highest BCUT2D eigenvalue weighted by atomic mass is 14.6. The van der Waals surface area contributed by atoms with E-state index in [-0.39, 0.29) is 0 Å². The first-order valence-electron chi connectivity index (χ1n) is 15.9. The van der Waals surface area contributed by atoms with E-state index in [9.17, 15) is 0 Å². The molecule has 2 nitrogen and oxygen atoms in total. The normalized spacial score (nSPS) is 9.67. The summed E-state index contributed by atoms with van der Waals surface area (Å²) in [4.78, 5) is 7.80. The van der Waals surface area contributed by atoms with Gasteiger partial charge in [0.25, 0.3) is 0 Å². The smallest absolute Gasteiger partial charge is 0.0346 e. The number of aromatic nitrogens is 2. The van der Waals surface area contributed by atoms with Crippen LogP contribution in [0.25, 0.3) is 21.5 Å². The van der Waals surface area contributed by atoms with Gasteiger partial charge in [-0.3, -0.25) is 9.97 Å². The fourth-order valence-corrected chi connectivity index (χ4v) is 3.01. The Morgan fingerprint density at radius 2 is 0.667 bits per heavy atom. The van der Waals surface area contributed by atoms with Crippen molar-refractivity contribution in [2.24, 2.45) is 10.8 Å². The molecule has 0 amide bonds. The lowest BCUT2D eigenvalue weighted by atomic mass is 10.0. The average Bonchev–Trinajstić information content (AvgIpc) is 3.03. The molecule has 0 radical (unpaired) electrons. The van der Waals surface area contributed by atoms with Gasteiger partial charge in [0.1, 0.15) is 0 Å². The molecule has 0 saturated heterocycles. The first-order valence-corrected chi connectivity index (χ1v) is 15.9. The monoisotopic (exact) mass is 602 g/mol. The SMILES string of the molecule is CC.CC(C)(C)C.CC(C)(C)C.Cc1ccccc1.c1ccc2ccccc2c1.c1ccc2cnccc2c1.c1ccncc1. The lowest BCUT2D eigenvalue weighted by molar-refractivity contribution is 0.469. The topological polar surface area (TPSA) is 25.8 Å². The molecule has 6 rings (SSSR count). The summed E-state index contributed by atoms with van der Waals surface area (Å²) < 4.78 is 0. The average molecular weight is 603 g/mol. The highest BCUT2D eigenvalue weighted by Crippen LogP contribution is 2.12. The van der Waals surface area contributed by atoms with Crippen molar-refractivity contribution in [3.05, 3.63) is 158 Å². The molecular formula is C43H58N2. The minimum atomic E-state index is 0.500. The summed E-state index contributed by atoms with van der Waals surface area (Å²) in [6.07, 6.45) is 7.18. The second kappa shape index (κ2) is 24.1. The van der Waals surface area contributed by atoms with Crippen molar-refractivity contribution < 1.29 is 0 Å². The van der Waals surface area contributed by atoms with Crippen molar-refractivity contribution in [3.8, 4) is 0 Å². The Bertz CT molecular complexity index is 1240. The van der Waals surface area contributed by atoms with Crippen molar-refractivity contribution >= 4 is 21.5 Å². The largest absolute Gasteiger partial charge is 0.265 e. The molecule has 0 aliphatic heterocycles. The molecule has 0 aliphatic rings. The standard InChI is InChI=1S/C10H8.C9H7N.C7H8.C5H5N.2C5H12.C2H6/c1-2-6-10-8-4-3-7-9(10)5-1;1-2-4-9-7-10-6-5-8(9)3-1;1-7-5-3-2-4-6-7;1-2-4-6-5-3-1;2*1-5(2,3)4;1-2/h1-8H;1-7H;2-6H,1H3;1-5H;2*1-4H3;1-2H3. The van der Waals surface area contributed by atoms with E-state index in [2.05, 4.69) is 145 Å². The number of hydrogen-bond acceptors (Lipinski definition) is 2. The summed E-state index contributed by atoms with van der Waals surface area (Å²) in [5.41, 5.74) is 2.32. The van der Waals surface area contributed by atoms with Crippen molar-refractivity contribution in [3.63, 3.8) is 0 Å². The molecule has 2 heteroatoms. The molecule has 0 bridgehead atoms. The van der Waals surface area contributed by atoms with Crippen molar-refractivity contribution in [2.75, 3.05) is 0 Å². The summed E-state index contributed by atoms with van der Waals surface area (Å²) in [6, 6.07) is 42.9. The molecule has 2 aromatic heterocycles. The van der Waals surface area contributed by atoms with Gasteiger partial charge in [0.2, 0.25) is 0 Å². The maximum absolute atomic E-state index is 4.01. The van der Waals surface area contributed by atoms with Gasteiger partial charge < -0.3 is 0 Å². The molecule has 6 aromatic rings. The lowest BCUT2D eigenvalue weighted by Gasteiger charge is -2.05. The zero-order valence-corrected chi connectivity index (χ0v) is 29.8. The van der Waals surface area contributed by atoms with E-state index in [0.717, 1.165) is 0 Å². The van der Waals surface area contributed by atoms with Gasteiger partial charge in [0.05, 0.1) is 0 Å². The third-order valence-corrected chi connectivity index (χ3v) is 4.72. The van der Waals surface area contributed by atoms with E-state index in [1.807, 2.05) is 80.8 Å². The van der Waals surface area contributed by atoms with Crippen LogP contribution < -0.4 is 0 Å². The van der Waals surface area contributed by atoms with Crippen LogP contribution in [0.3, 0.4) is 0 Å². The Kier molecular flexibility index (Phi) is 21.8. The lowest BCUT2D eigenvalue weighted by Crippen LogP contribution is -1.93. The van der Waals surface area contributed by atoms with Crippen LogP contribution in [-0.4, -0.2) is 9.97 Å². The zero-order chi connectivity index (χ0) is 34.0. The quantitative estimate of drug-likeness (QED) is 0.173. The molecule has 0 fully saturated rings. The van der Waals surface area contributed by atoms with Gasteiger partial charge in [-0.15, -0.1) is 0 Å². The fraction of sp³-hybridized carbons (Fsp3) is 0.302. The molecule has 0 saturated carbocycles. The van der Waals surface area contributed by atoms with Crippen LogP contribution >= 0.6 is 0 Å². The third kappa shape index (κ3) is 27.0. The van der Waals surface area contributed by atoms with E-state index >= 15 is 0 Å². The number of rotatable bonds is 0. The van der Waals surface area contributed by atoms with E-state index in [1.54, 1.807) is 12.4 Å². The van der Waals surface area contributed by atoms with Crippen LogP contribution in [0.4, 0.5) is 0 Å². The van der Waals surface area contributed by atoms with Gasteiger partial charge >= 0.3 is 0 Å². The summed E-state index contributed by atoms with van der Waals surface area (Å²) in [6.45, 7) is 23.6. The number of hydrogen-bond donors (Lipinski definition) is 0. The van der Waals surface area contributed by atoms with Crippen LogP contribution in [0.2, 0.25) is 0 Å². The number of pyridine rings is 2. The number of aryl methyl sites for hydroxylation is 1. The van der Waals surface area contributed by atoms with Gasteiger partial charge in [-0.05, 0) is 57.5 Å². The predicted octanol–water partition coefficient (Wildman–Crippen LogP) is 13.3. The summed E-state index contributed by atoms with van der Waals surface area (Å²) in [7, 11) is 0. The van der Waals surface area contributed by atoms with Gasteiger partial charge in [0.15, 0.2) is 0 Å². The number of benzene rings is 4. The minimum absolute atomic E-state index is 0.500. The Hall–Kier alpha value is -4.30. The molecule has 0 unspecified atom stereocenters. The Labute approximate surface area is 275 Å². The molecule has 2 heterocycles. The van der Waals surface area contributed by atoms with E-state index in [1.165, 1.54) is 27.1 Å². The highest BCUT2D eigenvalue weighted by Gasteiger charge is 1.96. The summed E-state index contributed by atoms with van der Waals surface area (Å²) >= 11 is 0. The molecule has 0 aliphatic carbocycles. The maximum Gasteiger partial charge on any atom is 0.0346 e. The van der Waals surface area contributed by atoms with Crippen LogP contribution in [0, 0.1) is 17.8 Å². The Balaban J connectivity index is 0.000000524. The summed E-state index contributed by atoms with van der Waals surface area (Å²) in [5, 5.41) is 5.07. The van der Waals surface area contributed by atoms with E-state index in [0.29, 0.717) is 10.8 Å². The Morgan fingerprint density at radius 3 is 0.933 bits per heavy atom. The van der Waals surface area contributed by atoms with Gasteiger partial charge in [-0.2, -0.15) is 0 Å². The number of fused-ring (bicyclic) bond motifs is 2. The van der Waals surface area contributed by atoms with Crippen LogP contribution in [0.5, 0.6) is 0 Å². The molecule has 45 heavy (non-hydrogen) atoms. The molecule has 0 spiro atoms. The Morgan fingerprint density at radius 1 is 0.356 bits per heavy atom. The highest BCUT2D eigenvalue weighted by molar-refractivity contribution is 5.82.